The Kier molecular flexibility index (Phi) is 2.42. The SMILES string of the molecule is O=CC1CC=CN(I)C1=O. The molecular formula is C6H6INO2. The molecule has 1 unspecified atom stereocenters. The molecule has 10 heavy (non-hydrogen) atoms. The smallest absolute Gasteiger partial charge is 0.245 e. The van der Waals surface area contributed by atoms with Gasteiger partial charge in [-0.2, -0.15) is 0 Å². The van der Waals surface area contributed by atoms with Crippen LogP contribution in [-0.2, 0) is 9.59 Å². The van der Waals surface area contributed by atoms with E-state index in [1.54, 1.807) is 6.20 Å². The summed E-state index contributed by atoms with van der Waals surface area (Å²) in [6.07, 6.45) is 4.72. The number of carbonyl (C=O) groups is 2. The molecule has 1 heterocycles. The largest absolute Gasteiger partial charge is 0.302 e. The average molecular weight is 251 g/mol. The van der Waals surface area contributed by atoms with Crippen molar-refractivity contribution >= 4 is 35.1 Å². The summed E-state index contributed by atoms with van der Waals surface area (Å²) in [5.41, 5.74) is 0. The van der Waals surface area contributed by atoms with E-state index in [1.165, 1.54) is 3.11 Å². The highest BCUT2D eigenvalue weighted by molar-refractivity contribution is 14.1. The lowest BCUT2D eigenvalue weighted by Crippen LogP contribution is -2.28. The molecule has 0 N–H and O–H groups in total. The molecule has 0 fully saturated rings. The Morgan fingerprint density at radius 3 is 3.00 bits per heavy atom. The van der Waals surface area contributed by atoms with Gasteiger partial charge in [0.15, 0.2) is 0 Å². The number of hydrogen-bond acceptors (Lipinski definition) is 2. The van der Waals surface area contributed by atoms with E-state index in [4.69, 9.17) is 0 Å². The van der Waals surface area contributed by atoms with Crippen LogP contribution in [0.1, 0.15) is 6.42 Å². The van der Waals surface area contributed by atoms with Crippen molar-refractivity contribution in [3.63, 3.8) is 0 Å². The molecule has 4 heteroatoms. The highest BCUT2D eigenvalue weighted by atomic mass is 127. The van der Waals surface area contributed by atoms with Crippen molar-refractivity contribution in [3.05, 3.63) is 12.3 Å². The van der Waals surface area contributed by atoms with Gasteiger partial charge in [-0.1, -0.05) is 6.08 Å². The van der Waals surface area contributed by atoms with Crippen LogP contribution in [0.25, 0.3) is 0 Å². The fraction of sp³-hybridized carbons (Fsp3) is 0.333. The van der Waals surface area contributed by atoms with E-state index in [-0.39, 0.29) is 5.91 Å². The summed E-state index contributed by atoms with van der Waals surface area (Å²) in [7, 11) is 0. The lowest BCUT2D eigenvalue weighted by molar-refractivity contribution is -0.131. The predicted octanol–water partition coefficient (Wildman–Crippen LogP) is 0.897. The van der Waals surface area contributed by atoms with Crippen molar-refractivity contribution in [2.75, 3.05) is 0 Å². The topological polar surface area (TPSA) is 37.4 Å². The zero-order chi connectivity index (χ0) is 7.56. The fourth-order valence-electron chi connectivity index (χ4n) is 0.746. The minimum absolute atomic E-state index is 0.127. The van der Waals surface area contributed by atoms with Gasteiger partial charge >= 0.3 is 0 Å². The monoisotopic (exact) mass is 251 g/mol. The third-order valence-electron chi connectivity index (χ3n) is 1.32. The molecule has 0 aliphatic carbocycles. The van der Waals surface area contributed by atoms with Gasteiger partial charge in [0.2, 0.25) is 5.91 Å². The van der Waals surface area contributed by atoms with Crippen molar-refractivity contribution < 1.29 is 9.59 Å². The van der Waals surface area contributed by atoms with Crippen molar-refractivity contribution in [1.82, 2.24) is 3.11 Å². The number of aldehydes is 1. The second-order valence-corrected chi connectivity index (χ2v) is 3.05. The van der Waals surface area contributed by atoms with E-state index in [1.807, 2.05) is 28.9 Å². The van der Waals surface area contributed by atoms with Crippen LogP contribution in [0, 0.1) is 5.92 Å². The molecule has 0 saturated heterocycles. The molecule has 0 aromatic carbocycles. The van der Waals surface area contributed by atoms with Crippen LogP contribution >= 0.6 is 22.9 Å². The third-order valence-corrected chi connectivity index (χ3v) is 2.12. The molecule has 0 radical (unpaired) electrons. The van der Waals surface area contributed by atoms with Gasteiger partial charge < -0.3 is 4.79 Å². The Bertz CT molecular complexity index is 190. The summed E-state index contributed by atoms with van der Waals surface area (Å²) in [6, 6.07) is 0. The maximum Gasteiger partial charge on any atom is 0.245 e. The fourth-order valence-corrected chi connectivity index (χ4v) is 1.33. The Balaban J connectivity index is 2.74. The highest BCUT2D eigenvalue weighted by Crippen LogP contribution is 2.16. The van der Waals surface area contributed by atoms with Crippen LogP contribution in [-0.4, -0.2) is 15.3 Å². The molecular weight excluding hydrogens is 245 g/mol. The summed E-state index contributed by atoms with van der Waals surface area (Å²) in [6.45, 7) is 0. The van der Waals surface area contributed by atoms with Gasteiger partial charge in [-0.05, 0) is 6.42 Å². The Hall–Kier alpha value is -0.390. The number of halogens is 1. The van der Waals surface area contributed by atoms with E-state index in [0.29, 0.717) is 12.7 Å². The molecule has 1 rings (SSSR count). The van der Waals surface area contributed by atoms with Gasteiger partial charge in [-0.25, -0.2) is 0 Å². The predicted molar refractivity (Wildman–Crippen MR) is 44.2 cm³/mol. The first-order valence-electron chi connectivity index (χ1n) is 2.86. The number of amides is 1. The number of allylic oxidation sites excluding steroid dienone is 1. The quantitative estimate of drug-likeness (QED) is 0.300. The third kappa shape index (κ3) is 1.36. The molecule has 0 bridgehead atoms. The minimum Gasteiger partial charge on any atom is -0.302 e. The first kappa shape index (κ1) is 7.71. The van der Waals surface area contributed by atoms with Crippen molar-refractivity contribution in [2.45, 2.75) is 6.42 Å². The van der Waals surface area contributed by atoms with Gasteiger partial charge in [0.05, 0.1) is 28.8 Å². The van der Waals surface area contributed by atoms with E-state index in [2.05, 4.69) is 0 Å². The number of nitrogens with zero attached hydrogens (tertiary/aromatic N) is 1. The van der Waals surface area contributed by atoms with E-state index in [9.17, 15) is 9.59 Å². The summed E-state index contributed by atoms with van der Waals surface area (Å²) in [5.74, 6) is -0.583. The molecule has 0 saturated carbocycles. The minimum atomic E-state index is -0.457. The van der Waals surface area contributed by atoms with Crippen molar-refractivity contribution in [2.24, 2.45) is 5.92 Å². The lowest BCUT2D eigenvalue weighted by atomic mass is 10.1. The molecule has 54 valence electrons. The van der Waals surface area contributed by atoms with Gasteiger partial charge in [0.1, 0.15) is 6.29 Å². The Morgan fingerprint density at radius 1 is 1.80 bits per heavy atom. The maximum atomic E-state index is 11.0. The molecule has 0 aromatic rings. The molecule has 0 spiro atoms. The summed E-state index contributed by atoms with van der Waals surface area (Å²) >= 11 is 1.86. The molecule has 3 nitrogen and oxygen atoms in total. The van der Waals surface area contributed by atoms with Gasteiger partial charge in [-0.3, -0.25) is 7.91 Å². The van der Waals surface area contributed by atoms with E-state index < -0.39 is 5.92 Å². The molecule has 1 amide bonds. The second kappa shape index (κ2) is 3.14. The van der Waals surface area contributed by atoms with E-state index in [0.717, 1.165) is 0 Å². The van der Waals surface area contributed by atoms with Crippen LogP contribution < -0.4 is 0 Å². The zero-order valence-electron chi connectivity index (χ0n) is 5.16. The highest BCUT2D eigenvalue weighted by Gasteiger charge is 2.22. The molecule has 1 aliphatic rings. The summed E-state index contributed by atoms with van der Waals surface area (Å²) in [5, 5.41) is 0. The molecule has 0 aromatic heterocycles. The number of hydrogen-bond donors (Lipinski definition) is 0. The lowest BCUT2D eigenvalue weighted by Gasteiger charge is -2.17. The van der Waals surface area contributed by atoms with E-state index >= 15 is 0 Å². The normalized spacial score (nSPS) is 25.1. The van der Waals surface area contributed by atoms with Crippen LogP contribution in [0.4, 0.5) is 0 Å². The summed E-state index contributed by atoms with van der Waals surface area (Å²) < 4.78 is 1.40. The molecule has 1 aliphatic heterocycles. The summed E-state index contributed by atoms with van der Waals surface area (Å²) in [4.78, 5) is 21.2. The van der Waals surface area contributed by atoms with Crippen LogP contribution in [0.5, 0.6) is 0 Å². The average Bonchev–Trinajstić information content (AvgIpc) is 1.95. The van der Waals surface area contributed by atoms with Crippen molar-refractivity contribution in [3.8, 4) is 0 Å². The van der Waals surface area contributed by atoms with Crippen LogP contribution in [0.3, 0.4) is 0 Å². The number of carbonyl (C=O) groups excluding carboxylic acids is 2. The van der Waals surface area contributed by atoms with Crippen molar-refractivity contribution in [1.29, 1.82) is 0 Å². The van der Waals surface area contributed by atoms with Crippen LogP contribution in [0.2, 0.25) is 0 Å². The second-order valence-electron chi connectivity index (χ2n) is 2.01. The van der Waals surface area contributed by atoms with Crippen LogP contribution in [0.15, 0.2) is 12.3 Å². The zero-order valence-corrected chi connectivity index (χ0v) is 7.32. The van der Waals surface area contributed by atoms with Gasteiger partial charge in [0.25, 0.3) is 0 Å². The molecule has 1 atom stereocenters. The standard InChI is InChI=1S/C6H6INO2/c7-8-3-1-2-5(4-9)6(8)10/h1,3-5H,2H2. The maximum absolute atomic E-state index is 11.0. The first-order chi connectivity index (χ1) is 4.75. The Labute approximate surface area is 72.6 Å². The van der Waals surface area contributed by atoms with Gasteiger partial charge in [0, 0.05) is 6.20 Å². The number of rotatable bonds is 1. The van der Waals surface area contributed by atoms with Gasteiger partial charge in [-0.15, -0.1) is 0 Å². The first-order valence-corrected chi connectivity index (χ1v) is 3.83. The Morgan fingerprint density at radius 2 is 2.50 bits per heavy atom.